The third-order valence-electron chi connectivity index (χ3n) is 2.54. The average Bonchev–Trinajstić information content (AvgIpc) is 2.39. The lowest BCUT2D eigenvalue weighted by molar-refractivity contribution is -0.204. The van der Waals surface area contributed by atoms with Gasteiger partial charge >= 0.3 is 0 Å². The molecular formula is C14H16O2. The molecule has 0 amide bonds. The minimum atomic E-state index is -0.742. The fourth-order valence-electron chi connectivity index (χ4n) is 1.62. The number of hydrogen-bond donors (Lipinski definition) is 0. The van der Waals surface area contributed by atoms with Crippen molar-refractivity contribution in [3.05, 3.63) is 54.6 Å². The predicted octanol–water partition coefficient (Wildman–Crippen LogP) is 3.02. The molecule has 1 saturated heterocycles. The van der Waals surface area contributed by atoms with E-state index in [1.54, 1.807) is 6.08 Å². The topological polar surface area (TPSA) is 18.5 Å². The van der Waals surface area contributed by atoms with E-state index in [1.165, 1.54) is 0 Å². The standard InChI is InChI=1S/C14H16O2/c1-2-14(15-11-6-12-16-14)10-9-13-7-4-3-5-8-13/h2-5,7-10H,1,6,11-12H2/b10-9+. The summed E-state index contributed by atoms with van der Waals surface area (Å²) in [4.78, 5) is 0. The second-order valence-electron chi connectivity index (χ2n) is 3.72. The van der Waals surface area contributed by atoms with Gasteiger partial charge in [-0.1, -0.05) is 43.0 Å². The quantitative estimate of drug-likeness (QED) is 0.723. The van der Waals surface area contributed by atoms with Gasteiger partial charge < -0.3 is 9.47 Å². The van der Waals surface area contributed by atoms with Crippen molar-refractivity contribution in [2.45, 2.75) is 12.2 Å². The number of ether oxygens (including phenoxy) is 2. The molecule has 0 atom stereocenters. The van der Waals surface area contributed by atoms with Crippen molar-refractivity contribution in [2.24, 2.45) is 0 Å². The summed E-state index contributed by atoms with van der Waals surface area (Å²) >= 11 is 0. The van der Waals surface area contributed by atoms with Crippen molar-refractivity contribution in [3.63, 3.8) is 0 Å². The summed E-state index contributed by atoms with van der Waals surface area (Å²) in [6.45, 7) is 5.19. The third kappa shape index (κ3) is 2.60. The zero-order valence-electron chi connectivity index (χ0n) is 9.26. The lowest BCUT2D eigenvalue weighted by Gasteiger charge is -2.31. The predicted molar refractivity (Wildman–Crippen MR) is 64.9 cm³/mol. The number of hydrogen-bond acceptors (Lipinski definition) is 2. The molecule has 2 rings (SSSR count). The van der Waals surface area contributed by atoms with Crippen LogP contribution in [0.15, 0.2) is 49.1 Å². The molecule has 1 aromatic carbocycles. The highest BCUT2D eigenvalue weighted by Gasteiger charge is 2.27. The molecule has 1 aliphatic rings. The first-order valence-corrected chi connectivity index (χ1v) is 5.50. The Kier molecular flexibility index (Phi) is 3.54. The monoisotopic (exact) mass is 216 g/mol. The van der Waals surface area contributed by atoms with Gasteiger partial charge in [0.05, 0.1) is 13.2 Å². The van der Waals surface area contributed by atoms with Gasteiger partial charge in [0.2, 0.25) is 5.79 Å². The van der Waals surface area contributed by atoms with Gasteiger partial charge in [0.15, 0.2) is 0 Å². The Morgan fingerprint density at radius 2 is 1.81 bits per heavy atom. The maximum Gasteiger partial charge on any atom is 0.207 e. The molecule has 2 nitrogen and oxygen atoms in total. The summed E-state index contributed by atoms with van der Waals surface area (Å²) in [5, 5.41) is 0. The maximum atomic E-state index is 5.61. The molecule has 1 aromatic rings. The Morgan fingerprint density at radius 3 is 2.44 bits per heavy atom. The molecule has 0 saturated carbocycles. The van der Waals surface area contributed by atoms with Crippen molar-refractivity contribution < 1.29 is 9.47 Å². The average molecular weight is 216 g/mol. The maximum absolute atomic E-state index is 5.61. The van der Waals surface area contributed by atoms with E-state index < -0.39 is 5.79 Å². The van der Waals surface area contributed by atoms with Crippen LogP contribution in [0, 0.1) is 0 Å². The minimum absolute atomic E-state index is 0.713. The van der Waals surface area contributed by atoms with Crippen molar-refractivity contribution in [2.75, 3.05) is 13.2 Å². The van der Waals surface area contributed by atoms with Crippen LogP contribution in [-0.4, -0.2) is 19.0 Å². The second kappa shape index (κ2) is 5.10. The van der Waals surface area contributed by atoms with Gasteiger partial charge in [-0.05, 0) is 24.1 Å². The first-order chi connectivity index (χ1) is 7.85. The zero-order valence-corrected chi connectivity index (χ0v) is 9.26. The van der Waals surface area contributed by atoms with E-state index in [2.05, 4.69) is 6.58 Å². The van der Waals surface area contributed by atoms with Gasteiger partial charge in [0.25, 0.3) is 0 Å². The van der Waals surface area contributed by atoms with Crippen LogP contribution < -0.4 is 0 Å². The molecule has 0 radical (unpaired) electrons. The van der Waals surface area contributed by atoms with E-state index in [-0.39, 0.29) is 0 Å². The Labute approximate surface area is 96.2 Å². The van der Waals surface area contributed by atoms with Crippen LogP contribution in [0.5, 0.6) is 0 Å². The number of rotatable bonds is 3. The molecule has 84 valence electrons. The normalized spacial score (nSPS) is 19.8. The highest BCUT2D eigenvalue weighted by atomic mass is 16.7. The molecular weight excluding hydrogens is 200 g/mol. The molecule has 0 N–H and O–H groups in total. The zero-order chi connectivity index (χ0) is 11.3. The van der Waals surface area contributed by atoms with Gasteiger partial charge in [-0.3, -0.25) is 0 Å². The first-order valence-electron chi connectivity index (χ1n) is 5.50. The van der Waals surface area contributed by atoms with E-state index in [0.29, 0.717) is 13.2 Å². The fraction of sp³-hybridized carbons (Fsp3) is 0.286. The van der Waals surface area contributed by atoms with Crippen molar-refractivity contribution in [3.8, 4) is 0 Å². The van der Waals surface area contributed by atoms with Crippen molar-refractivity contribution in [1.82, 2.24) is 0 Å². The van der Waals surface area contributed by atoms with Crippen LogP contribution in [-0.2, 0) is 9.47 Å². The summed E-state index contributed by atoms with van der Waals surface area (Å²) in [6.07, 6.45) is 6.54. The molecule has 1 fully saturated rings. The van der Waals surface area contributed by atoms with Crippen LogP contribution in [0.2, 0.25) is 0 Å². The van der Waals surface area contributed by atoms with Crippen molar-refractivity contribution in [1.29, 1.82) is 0 Å². The van der Waals surface area contributed by atoms with Crippen LogP contribution in [0.3, 0.4) is 0 Å². The molecule has 2 heteroatoms. The van der Waals surface area contributed by atoms with E-state index in [1.807, 2.05) is 42.5 Å². The van der Waals surface area contributed by atoms with Gasteiger partial charge in [-0.25, -0.2) is 0 Å². The van der Waals surface area contributed by atoms with E-state index in [9.17, 15) is 0 Å². The van der Waals surface area contributed by atoms with Crippen LogP contribution in [0.1, 0.15) is 12.0 Å². The largest absolute Gasteiger partial charge is 0.343 e. The van der Waals surface area contributed by atoms with Crippen LogP contribution in [0.25, 0.3) is 6.08 Å². The van der Waals surface area contributed by atoms with Crippen molar-refractivity contribution >= 4 is 6.08 Å². The minimum Gasteiger partial charge on any atom is -0.343 e. The molecule has 1 aliphatic heterocycles. The molecule has 0 spiro atoms. The summed E-state index contributed by atoms with van der Waals surface area (Å²) < 4.78 is 11.2. The second-order valence-corrected chi connectivity index (χ2v) is 3.72. The van der Waals surface area contributed by atoms with Gasteiger partial charge in [-0.2, -0.15) is 0 Å². The molecule has 0 aromatic heterocycles. The van der Waals surface area contributed by atoms with E-state index >= 15 is 0 Å². The Balaban J connectivity index is 2.12. The third-order valence-corrected chi connectivity index (χ3v) is 2.54. The number of benzene rings is 1. The molecule has 0 bridgehead atoms. The Hall–Kier alpha value is -1.38. The smallest absolute Gasteiger partial charge is 0.207 e. The molecule has 16 heavy (non-hydrogen) atoms. The van der Waals surface area contributed by atoms with Crippen LogP contribution >= 0.6 is 0 Å². The van der Waals surface area contributed by atoms with Crippen LogP contribution in [0.4, 0.5) is 0 Å². The fourth-order valence-corrected chi connectivity index (χ4v) is 1.62. The first kappa shape index (κ1) is 11.1. The Bertz CT molecular complexity index is 362. The molecule has 0 unspecified atom stereocenters. The lowest BCUT2D eigenvalue weighted by Crippen LogP contribution is -2.36. The van der Waals surface area contributed by atoms with E-state index in [0.717, 1.165) is 12.0 Å². The summed E-state index contributed by atoms with van der Waals surface area (Å²) in [7, 11) is 0. The highest BCUT2D eigenvalue weighted by molar-refractivity contribution is 5.50. The summed E-state index contributed by atoms with van der Waals surface area (Å²) in [6, 6.07) is 10.1. The van der Waals surface area contributed by atoms with E-state index in [4.69, 9.17) is 9.47 Å². The summed E-state index contributed by atoms with van der Waals surface area (Å²) in [5.41, 5.74) is 1.13. The van der Waals surface area contributed by atoms with Gasteiger partial charge in [-0.15, -0.1) is 0 Å². The Morgan fingerprint density at radius 1 is 1.12 bits per heavy atom. The SMILES string of the molecule is C=CC1(/C=C/c2ccccc2)OCCCO1. The van der Waals surface area contributed by atoms with Gasteiger partial charge in [0.1, 0.15) is 0 Å². The lowest BCUT2D eigenvalue weighted by atomic mass is 10.1. The van der Waals surface area contributed by atoms with Gasteiger partial charge in [0, 0.05) is 0 Å². The molecule has 0 aliphatic carbocycles. The highest BCUT2D eigenvalue weighted by Crippen LogP contribution is 2.22. The molecule has 1 heterocycles. The summed E-state index contributed by atoms with van der Waals surface area (Å²) in [5.74, 6) is -0.742.